The van der Waals surface area contributed by atoms with E-state index in [1.54, 1.807) is 0 Å². The molecule has 24 heavy (non-hydrogen) atoms. The summed E-state index contributed by atoms with van der Waals surface area (Å²) >= 11 is 5.00. The standard InChI is InChI=1S/C18H17BrN2O2S/c1-2-21-15-9-8-13(19)12-16(15)24-18(21)20-17(22)10-11-23-14-6-4-3-5-7-14/h3-9,12H,2,10-11H2,1H3. The lowest BCUT2D eigenvalue weighted by Crippen LogP contribution is -2.16. The Kier molecular flexibility index (Phi) is 5.48. The summed E-state index contributed by atoms with van der Waals surface area (Å²) in [6.07, 6.45) is 0.260. The zero-order valence-corrected chi connectivity index (χ0v) is 15.6. The smallest absolute Gasteiger partial charge is 0.251 e. The Morgan fingerprint density at radius 3 is 2.79 bits per heavy atom. The van der Waals surface area contributed by atoms with Crippen LogP contribution in [-0.2, 0) is 11.3 Å². The molecule has 0 unspecified atom stereocenters. The molecule has 0 bridgehead atoms. The third kappa shape index (κ3) is 3.94. The second-order valence-corrected chi connectivity index (χ2v) is 7.08. The molecule has 3 rings (SSSR count). The predicted octanol–water partition coefficient (Wildman–Crippen LogP) is 4.38. The molecular weight excluding hydrogens is 388 g/mol. The number of halogens is 1. The average molecular weight is 405 g/mol. The number of benzene rings is 2. The molecule has 0 saturated carbocycles. The number of carbonyl (C=O) groups is 1. The van der Waals surface area contributed by atoms with E-state index >= 15 is 0 Å². The van der Waals surface area contributed by atoms with Crippen molar-refractivity contribution < 1.29 is 9.53 Å². The summed E-state index contributed by atoms with van der Waals surface area (Å²) in [5.41, 5.74) is 1.10. The van der Waals surface area contributed by atoms with Crippen molar-refractivity contribution in [1.82, 2.24) is 4.57 Å². The van der Waals surface area contributed by atoms with Gasteiger partial charge in [0, 0.05) is 11.0 Å². The summed E-state index contributed by atoms with van der Waals surface area (Å²) in [6.45, 7) is 3.15. The zero-order chi connectivity index (χ0) is 16.9. The SMILES string of the molecule is CCn1c(=NC(=O)CCOc2ccccc2)sc2cc(Br)ccc21. The lowest BCUT2D eigenvalue weighted by molar-refractivity contribution is -0.118. The fraction of sp³-hybridized carbons (Fsp3) is 0.222. The van der Waals surface area contributed by atoms with Crippen LogP contribution >= 0.6 is 27.3 Å². The van der Waals surface area contributed by atoms with Crippen molar-refractivity contribution in [3.8, 4) is 5.75 Å². The van der Waals surface area contributed by atoms with Crippen LogP contribution in [0.15, 0.2) is 58.0 Å². The minimum atomic E-state index is -0.168. The van der Waals surface area contributed by atoms with Gasteiger partial charge in [-0.15, -0.1) is 0 Å². The fourth-order valence-electron chi connectivity index (χ4n) is 2.37. The van der Waals surface area contributed by atoms with Gasteiger partial charge in [-0.25, -0.2) is 0 Å². The Labute approximate surface area is 152 Å². The minimum absolute atomic E-state index is 0.168. The molecule has 6 heteroatoms. The predicted molar refractivity (Wildman–Crippen MR) is 100 cm³/mol. The number of ether oxygens (including phenoxy) is 1. The molecule has 124 valence electrons. The van der Waals surface area contributed by atoms with Gasteiger partial charge in [0.2, 0.25) is 0 Å². The summed E-state index contributed by atoms with van der Waals surface area (Å²) < 4.78 is 9.74. The second-order valence-electron chi connectivity index (χ2n) is 5.16. The maximum Gasteiger partial charge on any atom is 0.251 e. The summed E-state index contributed by atoms with van der Waals surface area (Å²) in [5, 5.41) is 0. The van der Waals surface area contributed by atoms with Gasteiger partial charge in [-0.3, -0.25) is 4.79 Å². The zero-order valence-electron chi connectivity index (χ0n) is 13.2. The molecule has 0 saturated heterocycles. The number of amides is 1. The molecule has 2 aromatic carbocycles. The monoisotopic (exact) mass is 404 g/mol. The Bertz CT molecular complexity index is 916. The molecule has 0 fully saturated rings. The van der Waals surface area contributed by atoms with Gasteiger partial charge in [-0.05, 0) is 37.3 Å². The highest BCUT2D eigenvalue weighted by molar-refractivity contribution is 9.10. The Morgan fingerprint density at radius 1 is 1.25 bits per heavy atom. The molecule has 0 aliphatic heterocycles. The van der Waals surface area contributed by atoms with E-state index in [-0.39, 0.29) is 12.3 Å². The van der Waals surface area contributed by atoms with Crippen LogP contribution in [0.25, 0.3) is 10.2 Å². The molecule has 0 aliphatic carbocycles. The first-order valence-corrected chi connectivity index (χ1v) is 9.32. The number of aryl methyl sites for hydroxylation is 1. The molecule has 1 aromatic heterocycles. The maximum atomic E-state index is 12.2. The topological polar surface area (TPSA) is 43.6 Å². The van der Waals surface area contributed by atoms with Gasteiger partial charge in [-0.2, -0.15) is 4.99 Å². The van der Waals surface area contributed by atoms with E-state index in [4.69, 9.17) is 4.74 Å². The molecule has 1 amide bonds. The van der Waals surface area contributed by atoms with Crippen LogP contribution in [-0.4, -0.2) is 17.1 Å². The number of carbonyl (C=O) groups excluding carboxylic acids is 1. The van der Waals surface area contributed by atoms with Gasteiger partial charge >= 0.3 is 0 Å². The normalized spacial score (nSPS) is 11.8. The van der Waals surface area contributed by atoms with Crippen molar-refractivity contribution in [1.29, 1.82) is 0 Å². The molecule has 0 radical (unpaired) electrons. The van der Waals surface area contributed by atoms with E-state index in [0.717, 1.165) is 31.8 Å². The Hall–Kier alpha value is -1.92. The number of rotatable bonds is 5. The van der Waals surface area contributed by atoms with Crippen molar-refractivity contribution in [2.75, 3.05) is 6.61 Å². The molecule has 3 aromatic rings. The van der Waals surface area contributed by atoms with Crippen molar-refractivity contribution in [3.05, 3.63) is 57.8 Å². The summed E-state index contributed by atoms with van der Waals surface area (Å²) in [7, 11) is 0. The number of thiazole rings is 1. The lowest BCUT2D eigenvalue weighted by atomic mass is 10.3. The van der Waals surface area contributed by atoms with Crippen LogP contribution < -0.4 is 9.54 Å². The van der Waals surface area contributed by atoms with Gasteiger partial charge in [0.15, 0.2) is 4.80 Å². The fourth-order valence-corrected chi connectivity index (χ4v) is 4.04. The van der Waals surface area contributed by atoms with Crippen molar-refractivity contribution in [2.45, 2.75) is 19.9 Å². The van der Waals surface area contributed by atoms with Crippen LogP contribution in [0.1, 0.15) is 13.3 Å². The number of hydrogen-bond donors (Lipinski definition) is 0. The third-order valence-corrected chi connectivity index (χ3v) is 5.04. The Balaban J connectivity index is 1.75. The first kappa shape index (κ1) is 16.9. The lowest BCUT2D eigenvalue weighted by Gasteiger charge is -2.03. The van der Waals surface area contributed by atoms with Gasteiger partial charge in [0.25, 0.3) is 5.91 Å². The highest BCUT2D eigenvalue weighted by Crippen LogP contribution is 2.22. The van der Waals surface area contributed by atoms with Crippen LogP contribution in [0.2, 0.25) is 0 Å². The highest BCUT2D eigenvalue weighted by Gasteiger charge is 2.07. The number of hydrogen-bond acceptors (Lipinski definition) is 3. The second kappa shape index (κ2) is 7.77. The van der Waals surface area contributed by atoms with Crippen LogP contribution in [0.4, 0.5) is 0 Å². The van der Waals surface area contributed by atoms with E-state index in [1.165, 1.54) is 11.3 Å². The molecule has 1 heterocycles. The van der Waals surface area contributed by atoms with Crippen molar-refractivity contribution >= 4 is 43.4 Å². The van der Waals surface area contributed by atoms with E-state index in [1.807, 2.05) is 48.5 Å². The average Bonchev–Trinajstić information content (AvgIpc) is 2.91. The summed E-state index contributed by atoms with van der Waals surface area (Å²) in [6, 6.07) is 15.6. The molecule has 0 spiro atoms. The van der Waals surface area contributed by atoms with Crippen LogP contribution in [0.3, 0.4) is 0 Å². The first-order valence-electron chi connectivity index (χ1n) is 7.71. The first-order chi connectivity index (χ1) is 11.7. The van der Waals surface area contributed by atoms with E-state index in [9.17, 15) is 4.79 Å². The molecule has 0 aliphatic rings. The number of fused-ring (bicyclic) bond motifs is 1. The van der Waals surface area contributed by atoms with Gasteiger partial charge in [0.05, 0.1) is 23.2 Å². The Morgan fingerprint density at radius 2 is 2.04 bits per heavy atom. The summed E-state index contributed by atoms with van der Waals surface area (Å²) in [5.74, 6) is 0.597. The van der Waals surface area contributed by atoms with Crippen molar-refractivity contribution in [3.63, 3.8) is 0 Å². The molecule has 0 atom stereocenters. The molecule has 4 nitrogen and oxygen atoms in total. The largest absolute Gasteiger partial charge is 0.493 e. The van der Waals surface area contributed by atoms with Crippen molar-refractivity contribution in [2.24, 2.45) is 4.99 Å². The van der Waals surface area contributed by atoms with E-state index in [2.05, 4.69) is 32.4 Å². The number of nitrogens with zero attached hydrogens (tertiary/aromatic N) is 2. The highest BCUT2D eigenvalue weighted by atomic mass is 79.9. The van der Waals surface area contributed by atoms with Gasteiger partial charge in [0.1, 0.15) is 5.75 Å². The van der Waals surface area contributed by atoms with Gasteiger partial charge in [-0.1, -0.05) is 45.5 Å². The van der Waals surface area contributed by atoms with E-state index < -0.39 is 0 Å². The van der Waals surface area contributed by atoms with Gasteiger partial charge < -0.3 is 9.30 Å². The quantitative estimate of drug-likeness (QED) is 0.632. The van der Waals surface area contributed by atoms with E-state index in [0.29, 0.717) is 6.61 Å². The van der Waals surface area contributed by atoms with Crippen LogP contribution in [0.5, 0.6) is 5.75 Å². The third-order valence-electron chi connectivity index (χ3n) is 3.51. The number of para-hydroxylation sites is 1. The number of aromatic nitrogens is 1. The summed E-state index contributed by atoms with van der Waals surface area (Å²) in [4.78, 5) is 17.2. The molecular formula is C18H17BrN2O2S. The maximum absolute atomic E-state index is 12.2. The van der Waals surface area contributed by atoms with Crippen LogP contribution in [0, 0.1) is 0 Å². The molecule has 0 N–H and O–H groups in total. The minimum Gasteiger partial charge on any atom is -0.493 e.